The average Bonchev–Trinajstić information content (AvgIpc) is 2.70. The predicted molar refractivity (Wildman–Crippen MR) is 77.0 cm³/mol. The van der Waals surface area contributed by atoms with Crippen LogP contribution < -0.4 is 5.32 Å². The summed E-state index contributed by atoms with van der Waals surface area (Å²) in [6.45, 7) is 6.66. The molecule has 0 bridgehead atoms. The minimum atomic E-state index is 0.166. The van der Waals surface area contributed by atoms with Crippen LogP contribution in [0.1, 0.15) is 35.5 Å². The minimum Gasteiger partial charge on any atom is -0.507 e. The molecular formula is C14H17BrN2O2. The summed E-state index contributed by atoms with van der Waals surface area (Å²) in [5.41, 5.74) is 3.13. The zero-order valence-electron chi connectivity index (χ0n) is 11.2. The van der Waals surface area contributed by atoms with Crippen LogP contribution in [0.3, 0.4) is 0 Å². The Morgan fingerprint density at radius 1 is 1.42 bits per heavy atom. The van der Waals surface area contributed by atoms with E-state index in [4.69, 9.17) is 4.52 Å². The van der Waals surface area contributed by atoms with Gasteiger partial charge in [0.2, 0.25) is 0 Å². The maximum absolute atomic E-state index is 9.46. The molecule has 0 amide bonds. The fourth-order valence-electron chi connectivity index (χ4n) is 2.14. The highest BCUT2D eigenvalue weighted by molar-refractivity contribution is 9.10. The highest BCUT2D eigenvalue weighted by Crippen LogP contribution is 2.25. The number of rotatable bonds is 4. The van der Waals surface area contributed by atoms with E-state index in [0.29, 0.717) is 11.0 Å². The van der Waals surface area contributed by atoms with Gasteiger partial charge < -0.3 is 14.9 Å². The maximum Gasteiger partial charge on any atom is 0.138 e. The highest BCUT2D eigenvalue weighted by Gasteiger charge is 2.15. The van der Waals surface area contributed by atoms with Gasteiger partial charge in [-0.1, -0.05) is 11.2 Å². The van der Waals surface area contributed by atoms with Crippen molar-refractivity contribution in [1.29, 1.82) is 0 Å². The van der Waals surface area contributed by atoms with Gasteiger partial charge in [-0.2, -0.15) is 0 Å². The van der Waals surface area contributed by atoms with Crippen molar-refractivity contribution in [2.24, 2.45) is 0 Å². The second-order valence-electron chi connectivity index (χ2n) is 4.63. The average molecular weight is 325 g/mol. The topological polar surface area (TPSA) is 58.3 Å². The molecule has 0 aliphatic carbocycles. The first-order valence-electron chi connectivity index (χ1n) is 6.12. The number of nitrogens with one attached hydrogen (secondary N) is 1. The van der Waals surface area contributed by atoms with Crippen molar-refractivity contribution < 1.29 is 9.63 Å². The molecule has 1 aromatic carbocycles. The third-order valence-corrected chi connectivity index (χ3v) is 3.78. The highest BCUT2D eigenvalue weighted by atomic mass is 79.9. The SMILES string of the molecule is Cc1noc(C)c1C(C)NCc1ccc(O)c(Br)c1. The molecule has 0 saturated carbocycles. The number of benzene rings is 1. The fraction of sp³-hybridized carbons (Fsp3) is 0.357. The van der Waals surface area contributed by atoms with Gasteiger partial charge in [0.25, 0.3) is 0 Å². The van der Waals surface area contributed by atoms with Crippen LogP contribution in [-0.2, 0) is 6.54 Å². The smallest absolute Gasteiger partial charge is 0.138 e. The molecule has 5 heteroatoms. The second kappa shape index (κ2) is 5.75. The van der Waals surface area contributed by atoms with E-state index in [1.54, 1.807) is 6.07 Å². The Morgan fingerprint density at radius 2 is 2.16 bits per heavy atom. The summed E-state index contributed by atoms with van der Waals surface area (Å²) in [6.07, 6.45) is 0. The molecule has 1 atom stereocenters. The standard InChI is InChI=1S/C14H17BrN2O2/c1-8(14-9(2)17-19-10(14)3)16-7-11-4-5-13(18)12(15)6-11/h4-6,8,16,18H,7H2,1-3H3. The summed E-state index contributed by atoms with van der Waals surface area (Å²) >= 11 is 3.31. The van der Waals surface area contributed by atoms with Crippen LogP contribution in [0.2, 0.25) is 0 Å². The molecule has 0 spiro atoms. The van der Waals surface area contributed by atoms with Gasteiger partial charge in [-0.05, 0) is 54.4 Å². The largest absolute Gasteiger partial charge is 0.507 e. The van der Waals surface area contributed by atoms with Crippen molar-refractivity contribution in [3.05, 3.63) is 45.3 Å². The second-order valence-corrected chi connectivity index (χ2v) is 5.48. The van der Waals surface area contributed by atoms with E-state index in [1.807, 2.05) is 26.0 Å². The molecule has 2 rings (SSSR count). The summed E-state index contributed by atoms with van der Waals surface area (Å²) in [5.74, 6) is 1.10. The lowest BCUT2D eigenvalue weighted by Gasteiger charge is -2.14. The van der Waals surface area contributed by atoms with Gasteiger partial charge in [-0.15, -0.1) is 0 Å². The number of phenols is 1. The lowest BCUT2D eigenvalue weighted by molar-refractivity contribution is 0.390. The molecule has 1 unspecified atom stereocenters. The number of aryl methyl sites for hydroxylation is 2. The van der Waals surface area contributed by atoms with Gasteiger partial charge in [0.05, 0.1) is 10.2 Å². The summed E-state index contributed by atoms with van der Waals surface area (Å²) in [6, 6.07) is 5.65. The van der Waals surface area contributed by atoms with Crippen molar-refractivity contribution in [1.82, 2.24) is 10.5 Å². The normalized spacial score (nSPS) is 12.6. The molecule has 2 aromatic rings. The summed E-state index contributed by atoms with van der Waals surface area (Å²) in [7, 11) is 0. The van der Waals surface area contributed by atoms with Crippen molar-refractivity contribution in [3.8, 4) is 5.75 Å². The first-order valence-corrected chi connectivity index (χ1v) is 6.92. The van der Waals surface area contributed by atoms with Gasteiger partial charge in [0.15, 0.2) is 0 Å². The molecular weight excluding hydrogens is 308 g/mol. The van der Waals surface area contributed by atoms with Gasteiger partial charge >= 0.3 is 0 Å². The number of hydrogen-bond acceptors (Lipinski definition) is 4. The van der Waals surface area contributed by atoms with E-state index >= 15 is 0 Å². The van der Waals surface area contributed by atoms with E-state index in [-0.39, 0.29) is 11.8 Å². The van der Waals surface area contributed by atoms with Gasteiger partial charge in [0.1, 0.15) is 11.5 Å². The van der Waals surface area contributed by atoms with Crippen molar-refractivity contribution in [2.45, 2.75) is 33.4 Å². The minimum absolute atomic E-state index is 0.166. The number of nitrogens with zero attached hydrogens (tertiary/aromatic N) is 1. The third kappa shape index (κ3) is 3.16. The Labute approximate surface area is 120 Å². The lowest BCUT2D eigenvalue weighted by atomic mass is 10.1. The summed E-state index contributed by atoms with van der Waals surface area (Å²) in [5, 5.41) is 16.8. The number of halogens is 1. The molecule has 2 N–H and O–H groups in total. The van der Waals surface area contributed by atoms with Crippen molar-refractivity contribution in [3.63, 3.8) is 0 Å². The molecule has 0 aliphatic rings. The maximum atomic E-state index is 9.46. The zero-order chi connectivity index (χ0) is 14.0. The predicted octanol–water partition coefficient (Wildman–Crippen LogP) is 3.61. The van der Waals surface area contributed by atoms with Crippen LogP contribution in [0.25, 0.3) is 0 Å². The van der Waals surface area contributed by atoms with Crippen LogP contribution in [0, 0.1) is 13.8 Å². The van der Waals surface area contributed by atoms with E-state index in [9.17, 15) is 5.11 Å². The first kappa shape index (κ1) is 14.1. The van der Waals surface area contributed by atoms with E-state index in [2.05, 4.69) is 33.3 Å². The Morgan fingerprint density at radius 3 is 2.74 bits per heavy atom. The van der Waals surface area contributed by atoms with Gasteiger partial charge in [-0.25, -0.2) is 0 Å². The van der Waals surface area contributed by atoms with E-state index in [1.165, 1.54) is 0 Å². The van der Waals surface area contributed by atoms with Crippen LogP contribution in [-0.4, -0.2) is 10.3 Å². The Balaban J connectivity index is 2.04. The molecule has 1 heterocycles. The fourth-order valence-corrected chi connectivity index (χ4v) is 2.57. The quantitative estimate of drug-likeness (QED) is 0.902. The van der Waals surface area contributed by atoms with E-state index in [0.717, 1.165) is 22.6 Å². The monoisotopic (exact) mass is 324 g/mol. The lowest BCUT2D eigenvalue weighted by Crippen LogP contribution is -2.19. The molecule has 0 saturated heterocycles. The molecule has 19 heavy (non-hydrogen) atoms. The zero-order valence-corrected chi connectivity index (χ0v) is 12.8. The van der Waals surface area contributed by atoms with Crippen LogP contribution in [0.4, 0.5) is 0 Å². The molecule has 4 nitrogen and oxygen atoms in total. The Bertz CT molecular complexity index is 561. The molecule has 0 radical (unpaired) electrons. The summed E-state index contributed by atoms with van der Waals surface area (Å²) in [4.78, 5) is 0. The molecule has 102 valence electrons. The van der Waals surface area contributed by atoms with Crippen LogP contribution in [0.15, 0.2) is 27.2 Å². The number of phenolic OH excluding ortho intramolecular Hbond substituents is 1. The first-order chi connectivity index (χ1) is 8.99. The van der Waals surface area contributed by atoms with Gasteiger partial charge in [0, 0.05) is 18.2 Å². The Kier molecular flexibility index (Phi) is 4.27. The van der Waals surface area contributed by atoms with Crippen LogP contribution in [0.5, 0.6) is 5.75 Å². The molecule has 0 aliphatic heterocycles. The molecule has 0 fully saturated rings. The Hall–Kier alpha value is -1.33. The van der Waals surface area contributed by atoms with Crippen LogP contribution >= 0.6 is 15.9 Å². The van der Waals surface area contributed by atoms with E-state index < -0.39 is 0 Å². The number of aromatic hydroxyl groups is 1. The van der Waals surface area contributed by atoms with Gasteiger partial charge in [-0.3, -0.25) is 0 Å². The number of aromatic nitrogens is 1. The van der Waals surface area contributed by atoms with Crippen molar-refractivity contribution in [2.75, 3.05) is 0 Å². The molecule has 1 aromatic heterocycles. The van der Waals surface area contributed by atoms with Crippen molar-refractivity contribution >= 4 is 15.9 Å². The third-order valence-electron chi connectivity index (χ3n) is 3.15. The number of hydrogen-bond donors (Lipinski definition) is 2. The summed E-state index contributed by atoms with van der Waals surface area (Å²) < 4.78 is 5.88.